The van der Waals surface area contributed by atoms with Crippen LogP contribution in [0.1, 0.15) is 10.4 Å². The molecule has 0 atom stereocenters. The molecule has 0 bridgehead atoms. The number of sulfonamides is 1. The van der Waals surface area contributed by atoms with E-state index in [0.717, 1.165) is 7.11 Å². The Morgan fingerprint density at radius 2 is 2.00 bits per heavy atom. The highest BCUT2D eigenvalue weighted by Gasteiger charge is 2.24. The maximum absolute atomic E-state index is 12.0. The highest BCUT2D eigenvalue weighted by molar-refractivity contribution is 7.90. The molecule has 0 fully saturated rings. The number of benzene rings is 1. The molecule has 0 aliphatic heterocycles. The number of nitrogens with one attached hydrogen (secondary N) is 1. The minimum absolute atomic E-state index is 0.139. The van der Waals surface area contributed by atoms with Gasteiger partial charge in [0.15, 0.2) is 0 Å². The lowest BCUT2D eigenvalue weighted by Crippen LogP contribution is -2.32. The second kappa shape index (κ2) is 6.71. The Morgan fingerprint density at radius 1 is 1.35 bits per heavy atom. The summed E-state index contributed by atoms with van der Waals surface area (Å²) >= 11 is 0. The predicted molar refractivity (Wildman–Crippen MR) is 69.6 cm³/mol. The fourth-order valence-electron chi connectivity index (χ4n) is 1.31. The lowest BCUT2D eigenvalue weighted by Gasteiger charge is -2.09. The van der Waals surface area contributed by atoms with E-state index in [9.17, 15) is 18.0 Å². The van der Waals surface area contributed by atoms with E-state index in [1.165, 1.54) is 30.3 Å². The third-order valence-corrected chi connectivity index (χ3v) is 3.50. The average molecular weight is 299 g/mol. The lowest BCUT2D eigenvalue weighted by atomic mass is 10.2. The summed E-state index contributed by atoms with van der Waals surface area (Å²) in [5, 5.41) is 0. The fourth-order valence-corrected chi connectivity index (χ4v) is 2.40. The largest absolute Gasteiger partial charge is 0.465 e. The summed E-state index contributed by atoms with van der Waals surface area (Å²) in [5.41, 5.74) is -0.181. The van der Waals surface area contributed by atoms with Crippen molar-refractivity contribution in [2.24, 2.45) is 0 Å². The van der Waals surface area contributed by atoms with Gasteiger partial charge < -0.3 is 9.47 Å². The molecule has 108 valence electrons. The standard InChI is InChI=1S/C12H13NO6S/c1-3-8-19-12(15)13-20(16,17)10-7-5-4-6-9(10)11(14)18-2/h3-7H,1,8H2,2H3,(H,13,15). The summed E-state index contributed by atoms with van der Waals surface area (Å²) in [6.45, 7) is 3.18. The zero-order valence-electron chi connectivity index (χ0n) is 10.7. The second-order valence-electron chi connectivity index (χ2n) is 3.48. The first kappa shape index (κ1) is 15.7. The Kier molecular flexibility index (Phi) is 5.27. The zero-order chi connectivity index (χ0) is 15.2. The number of amides is 1. The number of rotatable bonds is 5. The maximum atomic E-state index is 12.0. The van der Waals surface area contributed by atoms with Crippen LogP contribution in [-0.4, -0.2) is 34.2 Å². The monoisotopic (exact) mass is 299 g/mol. The van der Waals surface area contributed by atoms with Gasteiger partial charge in [-0.25, -0.2) is 22.7 Å². The van der Waals surface area contributed by atoms with E-state index in [0.29, 0.717) is 0 Å². The predicted octanol–water partition coefficient (Wildman–Crippen LogP) is 1.07. The molecule has 1 N–H and O–H groups in total. The van der Waals surface area contributed by atoms with Crippen molar-refractivity contribution in [2.75, 3.05) is 13.7 Å². The quantitative estimate of drug-likeness (QED) is 0.645. The van der Waals surface area contributed by atoms with E-state index in [1.54, 1.807) is 4.72 Å². The number of methoxy groups -OCH3 is 1. The fraction of sp³-hybridized carbons (Fsp3) is 0.167. The highest BCUT2D eigenvalue weighted by atomic mass is 32.2. The van der Waals surface area contributed by atoms with E-state index in [-0.39, 0.29) is 17.1 Å². The van der Waals surface area contributed by atoms with E-state index in [1.807, 2.05) is 0 Å². The Hall–Kier alpha value is -2.35. The van der Waals surface area contributed by atoms with Crippen molar-refractivity contribution in [1.29, 1.82) is 0 Å². The summed E-state index contributed by atoms with van der Waals surface area (Å²) in [5.74, 6) is -0.828. The van der Waals surface area contributed by atoms with E-state index >= 15 is 0 Å². The molecule has 0 saturated carbocycles. The maximum Gasteiger partial charge on any atom is 0.421 e. The number of carbonyl (C=O) groups excluding carboxylic acids is 2. The number of hydrogen-bond donors (Lipinski definition) is 1. The van der Waals surface area contributed by atoms with E-state index in [2.05, 4.69) is 16.1 Å². The zero-order valence-corrected chi connectivity index (χ0v) is 11.5. The van der Waals surface area contributed by atoms with Crippen LogP contribution in [-0.2, 0) is 19.5 Å². The van der Waals surface area contributed by atoms with Crippen molar-refractivity contribution in [3.8, 4) is 0 Å². The van der Waals surface area contributed by atoms with Gasteiger partial charge in [-0.2, -0.15) is 0 Å². The van der Waals surface area contributed by atoms with Gasteiger partial charge in [0, 0.05) is 0 Å². The Bertz CT molecular complexity index is 623. The van der Waals surface area contributed by atoms with Gasteiger partial charge in [-0.15, -0.1) is 0 Å². The molecule has 0 saturated heterocycles. The van der Waals surface area contributed by atoms with Crippen molar-refractivity contribution in [3.63, 3.8) is 0 Å². The van der Waals surface area contributed by atoms with Gasteiger partial charge in [0.05, 0.1) is 12.7 Å². The van der Waals surface area contributed by atoms with Crippen molar-refractivity contribution in [2.45, 2.75) is 4.90 Å². The van der Waals surface area contributed by atoms with Gasteiger partial charge in [-0.05, 0) is 12.1 Å². The van der Waals surface area contributed by atoms with Crippen LogP contribution in [0.3, 0.4) is 0 Å². The van der Waals surface area contributed by atoms with Crippen LogP contribution in [0.15, 0.2) is 41.8 Å². The molecule has 1 amide bonds. The van der Waals surface area contributed by atoms with Gasteiger partial charge in [0.2, 0.25) is 0 Å². The first-order chi connectivity index (χ1) is 9.42. The van der Waals surface area contributed by atoms with Gasteiger partial charge in [-0.1, -0.05) is 24.8 Å². The Labute approximate surface area is 116 Å². The van der Waals surface area contributed by atoms with Crippen molar-refractivity contribution >= 4 is 22.1 Å². The molecule has 0 unspecified atom stereocenters. The molecular weight excluding hydrogens is 286 g/mol. The number of hydrogen-bond acceptors (Lipinski definition) is 6. The smallest absolute Gasteiger partial charge is 0.421 e. The van der Waals surface area contributed by atoms with Gasteiger partial charge >= 0.3 is 12.1 Å². The van der Waals surface area contributed by atoms with Crippen LogP contribution >= 0.6 is 0 Å². The molecule has 1 aromatic rings. The molecule has 8 heteroatoms. The summed E-state index contributed by atoms with van der Waals surface area (Å²) < 4.78 is 34.7. The number of esters is 1. The average Bonchev–Trinajstić information content (AvgIpc) is 2.43. The Morgan fingerprint density at radius 3 is 2.60 bits per heavy atom. The number of ether oxygens (including phenoxy) is 2. The van der Waals surface area contributed by atoms with Crippen molar-refractivity contribution in [1.82, 2.24) is 4.72 Å². The summed E-state index contributed by atoms with van der Waals surface area (Å²) in [6.07, 6.45) is 0.124. The second-order valence-corrected chi connectivity index (χ2v) is 5.13. The third-order valence-electron chi connectivity index (χ3n) is 2.13. The summed E-state index contributed by atoms with van der Waals surface area (Å²) in [6, 6.07) is 5.34. The van der Waals surface area contributed by atoms with Crippen molar-refractivity contribution < 1.29 is 27.5 Å². The Balaban J connectivity index is 3.07. The molecule has 0 heterocycles. The molecule has 1 aromatic carbocycles. The van der Waals surface area contributed by atoms with E-state index < -0.39 is 22.1 Å². The molecule has 0 aliphatic carbocycles. The molecule has 0 aromatic heterocycles. The highest BCUT2D eigenvalue weighted by Crippen LogP contribution is 2.16. The van der Waals surface area contributed by atoms with Crippen LogP contribution in [0.2, 0.25) is 0 Å². The van der Waals surface area contributed by atoms with Gasteiger partial charge in [0.1, 0.15) is 11.5 Å². The van der Waals surface area contributed by atoms with Crippen LogP contribution in [0.25, 0.3) is 0 Å². The van der Waals surface area contributed by atoms with Gasteiger partial charge in [-0.3, -0.25) is 0 Å². The molecule has 0 radical (unpaired) electrons. The van der Waals surface area contributed by atoms with Crippen LogP contribution < -0.4 is 4.72 Å². The van der Waals surface area contributed by atoms with Gasteiger partial charge in [0.25, 0.3) is 10.0 Å². The van der Waals surface area contributed by atoms with E-state index in [4.69, 9.17) is 0 Å². The molecule has 20 heavy (non-hydrogen) atoms. The summed E-state index contributed by atoms with van der Waals surface area (Å²) in [7, 11) is -3.11. The molecular formula is C12H13NO6S. The molecule has 0 spiro atoms. The normalized spacial score (nSPS) is 10.4. The molecule has 7 nitrogen and oxygen atoms in total. The van der Waals surface area contributed by atoms with Crippen molar-refractivity contribution in [3.05, 3.63) is 42.5 Å². The lowest BCUT2D eigenvalue weighted by molar-refractivity contribution is 0.0596. The summed E-state index contributed by atoms with van der Waals surface area (Å²) in [4.78, 5) is 22.4. The van der Waals surface area contributed by atoms with Crippen LogP contribution in [0.5, 0.6) is 0 Å². The first-order valence-corrected chi connectivity index (χ1v) is 6.88. The first-order valence-electron chi connectivity index (χ1n) is 5.40. The molecule has 0 aliphatic rings. The number of carbonyl (C=O) groups is 2. The van der Waals surface area contributed by atoms with Crippen LogP contribution in [0, 0.1) is 0 Å². The minimum atomic E-state index is -4.24. The molecule has 1 rings (SSSR count). The topological polar surface area (TPSA) is 98.8 Å². The SMILES string of the molecule is C=CCOC(=O)NS(=O)(=O)c1ccccc1C(=O)OC. The third kappa shape index (κ3) is 3.82. The van der Waals surface area contributed by atoms with Crippen LogP contribution in [0.4, 0.5) is 4.79 Å². The minimum Gasteiger partial charge on any atom is -0.465 e.